The fraction of sp³-hybridized carbons (Fsp3) is 0. The van der Waals surface area contributed by atoms with E-state index in [1.165, 1.54) is 43.1 Å². The second-order valence-electron chi connectivity index (χ2n) is 5.42. The first kappa shape index (κ1) is 13.0. The zero-order valence-electron chi connectivity index (χ0n) is 11.4. The van der Waals surface area contributed by atoms with Crippen LogP contribution in [0.25, 0.3) is 43.1 Å². The Balaban J connectivity index is 0.00000115. The minimum atomic E-state index is 0. The summed E-state index contributed by atoms with van der Waals surface area (Å²) in [7, 11) is 0. The van der Waals surface area contributed by atoms with Gasteiger partial charge >= 0.3 is 0 Å². The largest absolute Gasteiger partial charge is 0.0610 e. The molecule has 5 aromatic rings. The van der Waals surface area contributed by atoms with Gasteiger partial charge in [-0.25, -0.2) is 0 Å². The molecule has 0 fully saturated rings. The van der Waals surface area contributed by atoms with Crippen LogP contribution in [0.4, 0.5) is 0 Å². The van der Waals surface area contributed by atoms with Crippen molar-refractivity contribution in [2.75, 3.05) is 0 Å². The maximum absolute atomic E-state index is 2.25. The van der Waals surface area contributed by atoms with Crippen molar-refractivity contribution in [3.05, 3.63) is 72.8 Å². The third-order valence-corrected chi connectivity index (χ3v) is 4.39. The maximum Gasteiger partial charge on any atom is 0 e. The van der Waals surface area contributed by atoms with E-state index in [-0.39, 0.29) is 26.2 Å². The molecule has 3 radical (unpaired) electrons. The maximum atomic E-state index is 2.25. The molecule has 0 aliphatic carbocycles. The van der Waals surface area contributed by atoms with E-state index >= 15 is 0 Å². The molecule has 97 valence electrons. The average Bonchev–Trinajstić information content (AvgIpc) is 2.52. The monoisotopic (exact) mass is 461 g/mol. The van der Waals surface area contributed by atoms with E-state index < -0.39 is 0 Å². The van der Waals surface area contributed by atoms with E-state index in [0.717, 1.165) is 0 Å². The quantitative estimate of drug-likeness (QED) is 0.166. The summed E-state index contributed by atoms with van der Waals surface area (Å²) >= 11 is 0. The Kier molecular flexibility index (Phi) is 2.87. The summed E-state index contributed by atoms with van der Waals surface area (Å²) in [6.45, 7) is 0. The van der Waals surface area contributed by atoms with Crippen molar-refractivity contribution < 1.29 is 0 Å². The Labute approximate surface area is 141 Å². The molecule has 0 aliphatic rings. The summed E-state index contributed by atoms with van der Waals surface area (Å²) < 4.78 is 0. The van der Waals surface area contributed by atoms with Crippen LogP contribution in [0.5, 0.6) is 0 Å². The van der Waals surface area contributed by atoms with E-state index in [9.17, 15) is 0 Å². The molecular weight excluding hydrogens is 449 g/mol. The molecule has 5 rings (SSSR count). The van der Waals surface area contributed by atoms with E-state index in [1.807, 2.05) is 0 Å². The van der Waals surface area contributed by atoms with Crippen LogP contribution in [0.3, 0.4) is 0 Å². The topological polar surface area (TPSA) is 0 Å². The molecule has 0 nitrogen and oxygen atoms in total. The van der Waals surface area contributed by atoms with Crippen LogP contribution in [0, 0.1) is 0 Å². The summed E-state index contributed by atoms with van der Waals surface area (Å²) in [6, 6.07) is 26.4. The molecule has 0 aromatic heterocycles. The predicted molar refractivity (Wildman–Crippen MR) is 93.4 cm³/mol. The molecule has 5 aromatic carbocycles. The Morgan fingerprint density at radius 1 is 0.381 bits per heavy atom. The van der Waals surface area contributed by atoms with Crippen LogP contribution >= 0.6 is 0 Å². The molecule has 0 spiro atoms. The number of fused-ring (bicyclic) bond motifs is 2. The third-order valence-electron chi connectivity index (χ3n) is 4.39. The minimum absolute atomic E-state index is 0. The molecule has 0 saturated carbocycles. The SMILES string of the molecule is [Bi].c1cc2cccc3c4cccc5cccc(c(c1)c23)c54. The van der Waals surface area contributed by atoms with Gasteiger partial charge in [0.05, 0.1) is 0 Å². The van der Waals surface area contributed by atoms with Crippen LogP contribution in [0.15, 0.2) is 72.8 Å². The van der Waals surface area contributed by atoms with Gasteiger partial charge in [0.15, 0.2) is 0 Å². The predicted octanol–water partition coefficient (Wildman–Crippen LogP) is 5.36. The van der Waals surface area contributed by atoms with Gasteiger partial charge < -0.3 is 0 Å². The minimum Gasteiger partial charge on any atom is -0.0610 e. The van der Waals surface area contributed by atoms with Crippen molar-refractivity contribution in [1.29, 1.82) is 0 Å². The van der Waals surface area contributed by atoms with Gasteiger partial charge in [0.2, 0.25) is 0 Å². The van der Waals surface area contributed by atoms with Crippen LogP contribution in [-0.4, -0.2) is 26.2 Å². The summed E-state index contributed by atoms with van der Waals surface area (Å²) in [6.07, 6.45) is 0. The van der Waals surface area contributed by atoms with Gasteiger partial charge in [-0.3, -0.25) is 0 Å². The Bertz CT molecular complexity index is 923. The fourth-order valence-corrected chi connectivity index (χ4v) is 3.58. The molecule has 0 bridgehead atoms. The first-order valence-corrected chi connectivity index (χ1v) is 6.98. The average molecular weight is 461 g/mol. The van der Waals surface area contributed by atoms with Crippen molar-refractivity contribution in [2.24, 2.45) is 0 Å². The Morgan fingerprint density at radius 3 is 0.952 bits per heavy atom. The number of benzene rings is 5. The van der Waals surface area contributed by atoms with Gasteiger partial charge in [0, 0.05) is 26.2 Å². The molecule has 0 N–H and O–H groups in total. The Hall–Kier alpha value is -1.72. The van der Waals surface area contributed by atoms with Crippen LogP contribution in [-0.2, 0) is 0 Å². The molecule has 1 heteroatoms. The van der Waals surface area contributed by atoms with Crippen molar-refractivity contribution in [2.45, 2.75) is 0 Å². The first-order chi connectivity index (χ1) is 9.93. The smallest absolute Gasteiger partial charge is 0 e. The van der Waals surface area contributed by atoms with E-state index in [0.29, 0.717) is 0 Å². The van der Waals surface area contributed by atoms with Crippen LogP contribution in [0.2, 0.25) is 0 Å². The zero-order chi connectivity index (χ0) is 13.1. The third kappa shape index (κ3) is 1.65. The van der Waals surface area contributed by atoms with E-state index in [1.54, 1.807) is 0 Å². The molecule has 0 amide bonds. The number of hydrogen-bond donors (Lipinski definition) is 0. The van der Waals surface area contributed by atoms with E-state index in [2.05, 4.69) is 72.8 Å². The van der Waals surface area contributed by atoms with Gasteiger partial charge in [-0.15, -0.1) is 0 Å². The van der Waals surface area contributed by atoms with Gasteiger partial charge in [-0.2, -0.15) is 0 Å². The first-order valence-electron chi connectivity index (χ1n) is 6.98. The second kappa shape index (κ2) is 4.65. The molecule has 0 aliphatic heterocycles. The zero-order valence-corrected chi connectivity index (χ0v) is 14.9. The second-order valence-corrected chi connectivity index (χ2v) is 5.42. The fourth-order valence-electron chi connectivity index (χ4n) is 3.58. The Morgan fingerprint density at radius 2 is 0.667 bits per heavy atom. The summed E-state index contributed by atoms with van der Waals surface area (Å²) in [5.41, 5.74) is 0. The van der Waals surface area contributed by atoms with Crippen molar-refractivity contribution in [3.63, 3.8) is 0 Å². The van der Waals surface area contributed by atoms with Gasteiger partial charge in [-0.05, 0) is 43.1 Å². The standard InChI is InChI=1S/C20H12.Bi/c1-5-13-6-2-11-17-18-12-4-8-14-7-3-10-16(20(14)18)15(9-1)19(13)17;/h1-12H;. The van der Waals surface area contributed by atoms with Crippen molar-refractivity contribution >= 4 is 69.3 Å². The molecule has 21 heavy (non-hydrogen) atoms. The van der Waals surface area contributed by atoms with Crippen LogP contribution in [0.1, 0.15) is 0 Å². The van der Waals surface area contributed by atoms with Gasteiger partial charge in [-0.1, -0.05) is 72.8 Å². The van der Waals surface area contributed by atoms with Gasteiger partial charge in [0.25, 0.3) is 0 Å². The number of hydrogen-bond acceptors (Lipinski definition) is 0. The molecule has 0 unspecified atom stereocenters. The molecule has 0 heterocycles. The summed E-state index contributed by atoms with van der Waals surface area (Å²) in [4.78, 5) is 0. The number of rotatable bonds is 0. The van der Waals surface area contributed by atoms with Crippen molar-refractivity contribution in [1.82, 2.24) is 0 Å². The molecular formula is C20H12Bi. The normalized spacial score (nSPS) is 11.4. The summed E-state index contributed by atoms with van der Waals surface area (Å²) in [5, 5.41) is 10.9. The summed E-state index contributed by atoms with van der Waals surface area (Å²) in [5.74, 6) is 0. The van der Waals surface area contributed by atoms with E-state index in [4.69, 9.17) is 0 Å². The van der Waals surface area contributed by atoms with Crippen LogP contribution < -0.4 is 0 Å². The van der Waals surface area contributed by atoms with Gasteiger partial charge in [0.1, 0.15) is 0 Å². The molecule has 0 saturated heterocycles. The van der Waals surface area contributed by atoms with Crippen molar-refractivity contribution in [3.8, 4) is 0 Å². The molecule has 0 atom stereocenters.